The number of hydrogen-bond acceptors (Lipinski definition) is 13. The third-order valence-corrected chi connectivity index (χ3v) is 14.5. The molecular formula is C56H55N5O11. The minimum absolute atomic E-state index is 0.0587. The molecule has 0 bridgehead atoms. The number of nitrogens with one attached hydrogen (secondary N) is 1. The third kappa shape index (κ3) is 8.36. The molecule has 370 valence electrons. The molecule has 4 amide bonds. The van der Waals surface area contributed by atoms with Crippen LogP contribution in [0.25, 0.3) is 0 Å². The molecule has 0 saturated carbocycles. The van der Waals surface area contributed by atoms with E-state index < -0.39 is 77.3 Å². The molecule has 0 unspecified atom stereocenters. The lowest BCUT2D eigenvalue weighted by atomic mass is 9.64. The monoisotopic (exact) mass is 973 g/mol. The van der Waals surface area contributed by atoms with Crippen molar-refractivity contribution < 1.29 is 53.1 Å². The zero-order valence-electron chi connectivity index (χ0n) is 40.1. The predicted molar refractivity (Wildman–Crippen MR) is 262 cm³/mol. The number of fused-ring (bicyclic) bond motifs is 4. The number of cyclic esters (lactones) is 1. The van der Waals surface area contributed by atoms with Crippen LogP contribution in [0.5, 0.6) is 17.2 Å². The van der Waals surface area contributed by atoms with Crippen molar-refractivity contribution in [1.82, 2.24) is 20.0 Å². The first-order chi connectivity index (χ1) is 34.9. The van der Waals surface area contributed by atoms with E-state index in [9.17, 15) is 15.0 Å². The number of imide groups is 1. The minimum atomic E-state index is -2.08. The maximum absolute atomic E-state index is 16.7. The number of hydrogen-bond donors (Lipinski definition) is 3. The number of esters is 2. The van der Waals surface area contributed by atoms with Gasteiger partial charge in [0.05, 0.1) is 37.4 Å². The molecule has 5 aliphatic rings. The molecule has 10 rings (SSSR count). The summed E-state index contributed by atoms with van der Waals surface area (Å²) in [6.07, 6.45) is -0.792. The van der Waals surface area contributed by atoms with E-state index in [1.165, 1.54) is 19.2 Å². The van der Waals surface area contributed by atoms with Crippen molar-refractivity contribution >= 4 is 35.5 Å². The van der Waals surface area contributed by atoms with Gasteiger partial charge in [0.2, 0.25) is 18.6 Å². The van der Waals surface area contributed by atoms with E-state index in [-0.39, 0.29) is 49.9 Å². The molecule has 5 aromatic carbocycles. The Kier molecular flexibility index (Phi) is 13.2. The molecule has 1 spiro atoms. The summed E-state index contributed by atoms with van der Waals surface area (Å²) in [5.74, 6) is 2.59. The van der Waals surface area contributed by atoms with Gasteiger partial charge in [-0.25, -0.2) is 14.5 Å². The van der Waals surface area contributed by atoms with E-state index in [0.717, 1.165) is 16.0 Å². The van der Waals surface area contributed by atoms with Crippen LogP contribution in [0.1, 0.15) is 71.8 Å². The number of aromatic hydroxyl groups is 1. The normalized spacial score (nSPS) is 23.8. The predicted octanol–water partition coefficient (Wildman–Crippen LogP) is 5.77. The molecule has 3 N–H and O–H groups in total. The topological polar surface area (TPSA) is 188 Å². The second-order valence-corrected chi connectivity index (χ2v) is 19.0. The average Bonchev–Trinajstić information content (AvgIpc) is 4.07. The Balaban J connectivity index is 1.18. The van der Waals surface area contributed by atoms with Crippen LogP contribution < -0.4 is 19.7 Å². The van der Waals surface area contributed by atoms with Crippen molar-refractivity contribution in [2.45, 2.75) is 62.5 Å². The summed E-state index contributed by atoms with van der Waals surface area (Å²) in [6.45, 7) is 5.38. The van der Waals surface area contributed by atoms with Gasteiger partial charge in [0.1, 0.15) is 29.4 Å². The van der Waals surface area contributed by atoms with Crippen molar-refractivity contribution in [2.75, 3.05) is 51.6 Å². The SMILES string of the molecule is COC(=O)[C@@H](NC(=O)N1C(=O)[C@@]2(c3cc(C#CCCO)ccc31)[C@H](C(=O)N1CCN(Cc3ccc4c(c3)OCO4)CC1)[C@H]1C(=O)O[C@H](c3ccccc3)[C@H](c3ccccc3)N1[C@@H]2c1ccc(O)cc1)C(C)C. The number of carbonyl (C=O) groups is 5. The van der Waals surface area contributed by atoms with Crippen LogP contribution in [0, 0.1) is 23.7 Å². The number of benzene rings is 5. The molecule has 5 heterocycles. The maximum atomic E-state index is 16.7. The second kappa shape index (κ2) is 19.8. The molecule has 5 aromatic rings. The second-order valence-electron chi connectivity index (χ2n) is 19.0. The lowest BCUT2D eigenvalue weighted by Gasteiger charge is -2.46. The lowest BCUT2D eigenvalue weighted by Crippen LogP contribution is -2.59. The van der Waals surface area contributed by atoms with E-state index in [4.69, 9.17) is 18.9 Å². The number of amides is 4. The number of anilines is 1. The quantitative estimate of drug-likeness (QED) is 0.113. The Morgan fingerprint density at radius 2 is 1.51 bits per heavy atom. The number of piperazine rings is 1. The lowest BCUT2D eigenvalue weighted by molar-refractivity contribution is -0.179. The van der Waals surface area contributed by atoms with Crippen LogP contribution in [0.3, 0.4) is 0 Å². The highest BCUT2D eigenvalue weighted by Crippen LogP contribution is 2.66. The van der Waals surface area contributed by atoms with E-state index in [2.05, 4.69) is 22.1 Å². The number of rotatable bonds is 10. The Labute approximate surface area is 417 Å². The zero-order valence-corrected chi connectivity index (χ0v) is 40.1. The molecule has 0 radical (unpaired) electrons. The van der Waals surface area contributed by atoms with Crippen LogP contribution in [-0.2, 0) is 40.6 Å². The van der Waals surface area contributed by atoms with E-state index in [0.29, 0.717) is 47.8 Å². The van der Waals surface area contributed by atoms with Gasteiger partial charge < -0.3 is 39.4 Å². The number of phenols is 1. The number of phenolic OH excluding ortho intramolecular Hbond substituents is 1. The van der Waals surface area contributed by atoms with Crippen molar-refractivity contribution in [2.24, 2.45) is 11.8 Å². The molecule has 72 heavy (non-hydrogen) atoms. The van der Waals surface area contributed by atoms with Gasteiger partial charge in [-0.15, -0.1) is 0 Å². The van der Waals surface area contributed by atoms with Gasteiger partial charge in [-0.2, -0.15) is 0 Å². The molecule has 5 aliphatic heterocycles. The maximum Gasteiger partial charge on any atom is 0.329 e. The fourth-order valence-corrected chi connectivity index (χ4v) is 11.3. The van der Waals surface area contributed by atoms with Gasteiger partial charge in [-0.1, -0.05) is 105 Å². The van der Waals surface area contributed by atoms with Crippen LogP contribution in [0.4, 0.5) is 10.5 Å². The van der Waals surface area contributed by atoms with Gasteiger partial charge in [0.15, 0.2) is 11.5 Å². The smallest absolute Gasteiger partial charge is 0.329 e. The Hall–Kier alpha value is -7.71. The zero-order chi connectivity index (χ0) is 50.3. The summed E-state index contributed by atoms with van der Waals surface area (Å²) in [6, 6.07) is 30.3. The fourth-order valence-electron chi connectivity index (χ4n) is 11.3. The Bertz CT molecular complexity index is 2950. The highest BCUT2D eigenvalue weighted by Gasteiger charge is 2.76. The molecule has 0 aromatic heterocycles. The number of nitrogens with zero attached hydrogens (tertiary/aromatic N) is 4. The minimum Gasteiger partial charge on any atom is -0.508 e. The fraction of sp³-hybridized carbons (Fsp3) is 0.339. The van der Waals surface area contributed by atoms with E-state index >= 15 is 19.2 Å². The van der Waals surface area contributed by atoms with Crippen molar-refractivity contribution in [3.63, 3.8) is 0 Å². The summed E-state index contributed by atoms with van der Waals surface area (Å²) >= 11 is 0. The number of morpholine rings is 1. The summed E-state index contributed by atoms with van der Waals surface area (Å²) in [5.41, 5.74) is 1.59. The number of urea groups is 1. The summed E-state index contributed by atoms with van der Waals surface area (Å²) < 4.78 is 22.9. The number of methoxy groups -OCH3 is 1. The molecule has 3 saturated heterocycles. The van der Waals surface area contributed by atoms with Crippen LogP contribution in [0.2, 0.25) is 0 Å². The Morgan fingerprint density at radius 1 is 0.819 bits per heavy atom. The van der Waals surface area contributed by atoms with Crippen molar-refractivity contribution in [1.29, 1.82) is 0 Å². The molecule has 3 fully saturated rings. The number of aliphatic hydroxyl groups excluding tert-OH is 1. The van der Waals surface area contributed by atoms with Gasteiger partial charge in [0.25, 0.3) is 0 Å². The van der Waals surface area contributed by atoms with E-state index in [1.54, 1.807) is 49.1 Å². The first-order valence-electron chi connectivity index (χ1n) is 24.2. The highest BCUT2D eigenvalue weighted by molar-refractivity contribution is 6.25. The van der Waals surface area contributed by atoms with Crippen molar-refractivity contribution in [3.8, 4) is 29.1 Å². The first kappa shape index (κ1) is 47.9. The van der Waals surface area contributed by atoms with Crippen LogP contribution >= 0.6 is 0 Å². The van der Waals surface area contributed by atoms with Gasteiger partial charge in [-0.05, 0) is 76.2 Å². The molecule has 7 atom stereocenters. The Morgan fingerprint density at radius 3 is 2.19 bits per heavy atom. The standard InChI is InChI=1S/C56H55N5O11/c1-34(2)46(52(65)69-3)57-55(68)60-42-23-17-35(12-10-11-29-62)30-41(42)56(54(60)67)45(51(64)59-27-25-58(26-28-59)32-36-18-24-43-44(31-36)71-33-70-43)48-53(66)72-49(38-15-8-5-9-16-38)47(37-13-6-4-7-14-37)61(48)50(56)39-19-21-40(63)22-20-39/h4-9,13-24,30-31,34,45-50,62-63H,11,25-29,32-33H2,1-3H3,(H,57,68)/t45-,46-,47-,48-,49+,50+,56-/m0/s1. The molecule has 0 aliphatic carbocycles. The molecular weight excluding hydrogens is 919 g/mol. The molecule has 16 heteroatoms. The molecule has 16 nitrogen and oxygen atoms in total. The average molecular weight is 974 g/mol. The largest absolute Gasteiger partial charge is 0.508 e. The van der Waals surface area contributed by atoms with E-state index in [1.807, 2.05) is 83.8 Å². The third-order valence-electron chi connectivity index (χ3n) is 14.5. The summed E-state index contributed by atoms with van der Waals surface area (Å²) in [5, 5.41) is 23.3. The summed E-state index contributed by atoms with van der Waals surface area (Å²) in [7, 11) is 1.21. The van der Waals surface area contributed by atoms with Crippen LogP contribution in [-0.4, -0.2) is 113 Å². The van der Waals surface area contributed by atoms with Gasteiger partial charge in [-0.3, -0.25) is 24.2 Å². The van der Waals surface area contributed by atoms with Gasteiger partial charge >= 0.3 is 18.0 Å². The highest BCUT2D eigenvalue weighted by atomic mass is 16.7. The van der Waals surface area contributed by atoms with Crippen molar-refractivity contribution in [3.05, 3.63) is 155 Å². The number of aliphatic hydroxyl groups is 1. The summed E-state index contributed by atoms with van der Waals surface area (Å²) in [4.78, 5) is 83.6. The first-order valence-corrected chi connectivity index (χ1v) is 24.2. The van der Waals surface area contributed by atoms with Crippen LogP contribution in [0.15, 0.2) is 121 Å². The number of carbonyl (C=O) groups excluding carboxylic acids is 5. The number of ether oxygens (including phenoxy) is 4. The van der Waals surface area contributed by atoms with Gasteiger partial charge in [0, 0.05) is 44.7 Å².